The first-order chi connectivity index (χ1) is 6.88. The molecule has 0 heterocycles. The quantitative estimate of drug-likeness (QED) is 0.769. The third kappa shape index (κ3) is 2.45. The fraction of sp³-hybridized carbons (Fsp3) is 0.333. The van der Waals surface area contributed by atoms with Gasteiger partial charge in [-0.05, 0) is 38.5 Å². The first-order valence-electron chi connectivity index (χ1n) is 4.60. The molecular formula is C12H12BrNO. The van der Waals surface area contributed by atoms with Crippen LogP contribution in [-0.2, 0) is 0 Å². The lowest BCUT2D eigenvalue weighted by Crippen LogP contribution is -2.23. The summed E-state index contributed by atoms with van der Waals surface area (Å²) in [5.41, 5.74) is 0.536. The number of carbonyl (C=O) groups is 1. The van der Waals surface area contributed by atoms with Crippen LogP contribution < -0.4 is 0 Å². The molecule has 0 saturated carbocycles. The third-order valence-electron chi connectivity index (χ3n) is 2.29. The summed E-state index contributed by atoms with van der Waals surface area (Å²) in [6.07, 6.45) is 0. The molecule has 0 N–H and O–H groups in total. The highest BCUT2D eigenvalue weighted by molar-refractivity contribution is 9.10. The van der Waals surface area contributed by atoms with Gasteiger partial charge in [-0.15, -0.1) is 0 Å². The minimum atomic E-state index is -0.967. The van der Waals surface area contributed by atoms with Crippen molar-refractivity contribution in [2.24, 2.45) is 5.41 Å². The summed E-state index contributed by atoms with van der Waals surface area (Å²) in [5, 5.41) is 8.90. The molecule has 0 aliphatic heterocycles. The van der Waals surface area contributed by atoms with E-state index in [0.29, 0.717) is 5.56 Å². The fourth-order valence-corrected chi connectivity index (χ4v) is 1.59. The van der Waals surface area contributed by atoms with Gasteiger partial charge in [-0.2, -0.15) is 5.26 Å². The van der Waals surface area contributed by atoms with Crippen LogP contribution in [0.15, 0.2) is 22.7 Å². The van der Waals surface area contributed by atoms with Crippen molar-refractivity contribution in [1.29, 1.82) is 5.26 Å². The molecule has 0 radical (unpaired) electrons. The molecule has 0 amide bonds. The Labute approximate surface area is 98.0 Å². The maximum absolute atomic E-state index is 12.0. The second-order valence-corrected chi connectivity index (χ2v) is 4.94. The van der Waals surface area contributed by atoms with E-state index in [9.17, 15) is 4.79 Å². The minimum absolute atomic E-state index is 0.135. The maximum atomic E-state index is 12.0. The first-order valence-corrected chi connectivity index (χ1v) is 5.40. The molecule has 0 saturated heterocycles. The minimum Gasteiger partial charge on any atom is -0.292 e. The summed E-state index contributed by atoms with van der Waals surface area (Å²) in [5.74, 6) is -0.135. The Kier molecular flexibility index (Phi) is 3.31. The molecule has 0 unspecified atom stereocenters. The summed E-state index contributed by atoms with van der Waals surface area (Å²) in [6, 6.07) is 7.53. The number of rotatable bonds is 2. The normalized spacial score (nSPS) is 10.9. The van der Waals surface area contributed by atoms with Crippen LogP contribution in [0.1, 0.15) is 29.8 Å². The number of benzene rings is 1. The van der Waals surface area contributed by atoms with Gasteiger partial charge in [0.25, 0.3) is 0 Å². The van der Waals surface area contributed by atoms with E-state index in [2.05, 4.69) is 15.9 Å². The summed E-state index contributed by atoms with van der Waals surface area (Å²) in [7, 11) is 0. The monoisotopic (exact) mass is 265 g/mol. The smallest absolute Gasteiger partial charge is 0.182 e. The summed E-state index contributed by atoms with van der Waals surface area (Å²) in [6.45, 7) is 5.14. The van der Waals surface area contributed by atoms with Gasteiger partial charge in [0.1, 0.15) is 5.41 Å². The number of nitrogens with zero attached hydrogens (tertiary/aromatic N) is 1. The van der Waals surface area contributed by atoms with E-state index >= 15 is 0 Å². The highest BCUT2D eigenvalue weighted by Crippen LogP contribution is 2.25. The van der Waals surface area contributed by atoms with Crippen LogP contribution >= 0.6 is 15.9 Å². The molecule has 1 rings (SSSR count). The van der Waals surface area contributed by atoms with Gasteiger partial charge in [0.2, 0.25) is 0 Å². The van der Waals surface area contributed by atoms with Crippen molar-refractivity contribution in [1.82, 2.24) is 0 Å². The van der Waals surface area contributed by atoms with E-state index in [1.54, 1.807) is 19.9 Å². The maximum Gasteiger partial charge on any atom is 0.182 e. The summed E-state index contributed by atoms with van der Waals surface area (Å²) >= 11 is 3.32. The molecule has 0 spiro atoms. The predicted molar refractivity (Wildman–Crippen MR) is 62.6 cm³/mol. The van der Waals surface area contributed by atoms with Crippen LogP contribution in [0.3, 0.4) is 0 Å². The zero-order valence-corrected chi connectivity index (χ0v) is 10.6. The van der Waals surface area contributed by atoms with Gasteiger partial charge < -0.3 is 0 Å². The molecule has 0 aliphatic rings. The average Bonchev–Trinajstić information content (AvgIpc) is 2.20. The molecule has 2 nitrogen and oxygen atoms in total. The first kappa shape index (κ1) is 11.9. The molecule has 1 aromatic rings. The van der Waals surface area contributed by atoms with E-state index < -0.39 is 5.41 Å². The van der Waals surface area contributed by atoms with Crippen LogP contribution in [0.25, 0.3) is 0 Å². The fourth-order valence-electron chi connectivity index (χ4n) is 1.23. The highest BCUT2D eigenvalue weighted by atomic mass is 79.9. The second-order valence-electron chi connectivity index (χ2n) is 4.03. The standard InChI is InChI=1S/C12H12BrNO/c1-8-4-5-9(13)6-10(8)11(15)12(2,3)7-14/h4-6H,1-3H3. The highest BCUT2D eigenvalue weighted by Gasteiger charge is 2.29. The lowest BCUT2D eigenvalue weighted by atomic mass is 9.84. The molecule has 15 heavy (non-hydrogen) atoms. The van der Waals surface area contributed by atoms with Gasteiger partial charge >= 0.3 is 0 Å². The van der Waals surface area contributed by atoms with Crippen LogP contribution in [0.2, 0.25) is 0 Å². The van der Waals surface area contributed by atoms with Gasteiger partial charge in [-0.3, -0.25) is 4.79 Å². The van der Waals surface area contributed by atoms with Crippen LogP contribution in [-0.4, -0.2) is 5.78 Å². The Morgan fingerprint density at radius 2 is 2.07 bits per heavy atom. The van der Waals surface area contributed by atoms with Crippen LogP contribution in [0.4, 0.5) is 0 Å². The molecule has 3 heteroatoms. The van der Waals surface area contributed by atoms with Crippen molar-refractivity contribution in [3.63, 3.8) is 0 Å². The Morgan fingerprint density at radius 3 is 2.60 bits per heavy atom. The number of carbonyl (C=O) groups excluding carboxylic acids is 1. The second kappa shape index (κ2) is 4.16. The number of halogens is 1. The summed E-state index contributed by atoms with van der Waals surface area (Å²) < 4.78 is 0.852. The lowest BCUT2D eigenvalue weighted by molar-refractivity contribution is 0.0891. The molecule has 0 bridgehead atoms. The Morgan fingerprint density at radius 1 is 1.47 bits per heavy atom. The number of hydrogen-bond donors (Lipinski definition) is 0. The van der Waals surface area contributed by atoms with Crippen molar-refractivity contribution in [3.05, 3.63) is 33.8 Å². The van der Waals surface area contributed by atoms with Crippen molar-refractivity contribution in [2.45, 2.75) is 20.8 Å². The Hall–Kier alpha value is -1.14. The lowest BCUT2D eigenvalue weighted by Gasteiger charge is -2.15. The van der Waals surface area contributed by atoms with Crippen molar-refractivity contribution in [3.8, 4) is 6.07 Å². The van der Waals surface area contributed by atoms with E-state index in [0.717, 1.165) is 10.0 Å². The molecule has 0 aliphatic carbocycles. The van der Waals surface area contributed by atoms with Gasteiger partial charge in [0.15, 0.2) is 5.78 Å². The number of ketones is 1. The van der Waals surface area contributed by atoms with E-state index in [1.807, 2.05) is 25.1 Å². The number of aryl methyl sites for hydroxylation is 1. The van der Waals surface area contributed by atoms with E-state index in [4.69, 9.17) is 5.26 Å². The van der Waals surface area contributed by atoms with Crippen molar-refractivity contribution >= 4 is 21.7 Å². The average molecular weight is 266 g/mol. The molecule has 0 atom stereocenters. The van der Waals surface area contributed by atoms with Gasteiger partial charge in [0.05, 0.1) is 6.07 Å². The summed E-state index contributed by atoms with van der Waals surface area (Å²) in [4.78, 5) is 12.0. The van der Waals surface area contributed by atoms with Gasteiger partial charge in [-0.25, -0.2) is 0 Å². The zero-order chi connectivity index (χ0) is 11.6. The molecule has 0 fully saturated rings. The van der Waals surface area contributed by atoms with E-state index in [-0.39, 0.29) is 5.78 Å². The third-order valence-corrected chi connectivity index (χ3v) is 2.78. The zero-order valence-electron chi connectivity index (χ0n) is 8.97. The Bertz CT molecular complexity index is 443. The van der Waals surface area contributed by atoms with Crippen LogP contribution in [0, 0.1) is 23.7 Å². The predicted octanol–water partition coefficient (Wildman–Crippen LogP) is 3.49. The molecular weight excluding hydrogens is 254 g/mol. The number of Topliss-reactive ketones (excluding diaryl/α,β-unsaturated/α-hetero) is 1. The SMILES string of the molecule is Cc1ccc(Br)cc1C(=O)C(C)(C)C#N. The largest absolute Gasteiger partial charge is 0.292 e. The van der Waals surface area contributed by atoms with Gasteiger partial charge in [0, 0.05) is 10.0 Å². The molecule has 1 aromatic carbocycles. The van der Waals surface area contributed by atoms with E-state index in [1.165, 1.54) is 0 Å². The topological polar surface area (TPSA) is 40.9 Å². The Balaban J connectivity index is 3.24. The van der Waals surface area contributed by atoms with Crippen LogP contribution in [0.5, 0.6) is 0 Å². The molecule has 78 valence electrons. The van der Waals surface area contributed by atoms with Crippen molar-refractivity contribution in [2.75, 3.05) is 0 Å². The van der Waals surface area contributed by atoms with Crippen molar-refractivity contribution < 1.29 is 4.79 Å². The van der Waals surface area contributed by atoms with Gasteiger partial charge in [-0.1, -0.05) is 22.0 Å². The number of hydrogen-bond acceptors (Lipinski definition) is 2. The number of nitriles is 1. The molecule has 0 aromatic heterocycles.